The van der Waals surface area contributed by atoms with Crippen LogP contribution in [0.5, 0.6) is 0 Å². The van der Waals surface area contributed by atoms with Crippen LogP contribution in [-0.2, 0) is 9.59 Å². The van der Waals surface area contributed by atoms with Crippen LogP contribution < -0.4 is 16.4 Å². The first kappa shape index (κ1) is 16.3. The minimum atomic E-state index is -0.181. The van der Waals surface area contributed by atoms with Crippen molar-refractivity contribution in [1.82, 2.24) is 5.32 Å². The van der Waals surface area contributed by atoms with E-state index in [1.54, 1.807) is 12.1 Å². The third-order valence-electron chi connectivity index (χ3n) is 4.09. The summed E-state index contributed by atoms with van der Waals surface area (Å²) < 4.78 is 0. The van der Waals surface area contributed by atoms with E-state index in [1.807, 2.05) is 19.1 Å². The fraction of sp³-hybridized carbons (Fsp3) is 0.529. The van der Waals surface area contributed by atoms with Crippen LogP contribution in [0.2, 0.25) is 0 Å². The quantitative estimate of drug-likeness (QED) is 0.731. The average Bonchev–Trinajstić information content (AvgIpc) is 2.50. The highest BCUT2D eigenvalue weighted by Crippen LogP contribution is 2.23. The molecule has 0 heterocycles. The molecule has 5 nitrogen and oxygen atoms in total. The number of amides is 2. The first-order valence-corrected chi connectivity index (χ1v) is 8.01. The van der Waals surface area contributed by atoms with Crippen molar-refractivity contribution in [2.75, 3.05) is 11.1 Å². The van der Waals surface area contributed by atoms with Gasteiger partial charge in [-0.15, -0.1) is 0 Å². The van der Waals surface area contributed by atoms with E-state index in [0.29, 0.717) is 11.4 Å². The molecule has 1 unspecified atom stereocenters. The van der Waals surface area contributed by atoms with Gasteiger partial charge in [-0.1, -0.05) is 31.4 Å². The number of nitrogen functional groups attached to an aromatic ring is 1. The van der Waals surface area contributed by atoms with Crippen molar-refractivity contribution in [2.24, 2.45) is 5.92 Å². The van der Waals surface area contributed by atoms with Crippen LogP contribution in [0.25, 0.3) is 0 Å². The van der Waals surface area contributed by atoms with Gasteiger partial charge in [-0.05, 0) is 31.9 Å². The topological polar surface area (TPSA) is 84.2 Å². The zero-order chi connectivity index (χ0) is 15.9. The molecule has 5 heteroatoms. The highest BCUT2D eigenvalue weighted by Gasteiger charge is 2.22. The van der Waals surface area contributed by atoms with Gasteiger partial charge in [0.25, 0.3) is 0 Å². The van der Waals surface area contributed by atoms with E-state index in [-0.39, 0.29) is 30.2 Å². The van der Waals surface area contributed by atoms with Crippen molar-refractivity contribution >= 4 is 23.2 Å². The summed E-state index contributed by atoms with van der Waals surface area (Å²) in [5.74, 6) is 0.0533. The Bertz CT molecular complexity index is 524. The Kier molecular flexibility index (Phi) is 5.81. The number of nitrogens with one attached hydrogen (secondary N) is 2. The summed E-state index contributed by atoms with van der Waals surface area (Å²) in [5, 5.41) is 5.73. The molecule has 1 aromatic rings. The molecule has 2 rings (SSSR count). The summed E-state index contributed by atoms with van der Waals surface area (Å²) in [6.45, 7) is 1.86. The van der Waals surface area contributed by atoms with Crippen molar-refractivity contribution in [3.63, 3.8) is 0 Å². The summed E-state index contributed by atoms with van der Waals surface area (Å²) in [4.78, 5) is 24.2. The van der Waals surface area contributed by atoms with Gasteiger partial charge in [-0.2, -0.15) is 0 Å². The second-order valence-electron chi connectivity index (χ2n) is 6.08. The number of hydrogen-bond acceptors (Lipinski definition) is 3. The zero-order valence-electron chi connectivity index (χ0n) is 13.1. The third-order valence-corrected chi connectivity index (χ3v) is 4.09. The number of carbonyl (C=O) groups excluding carboxylic acids is 2. The minimum absolute atomic E-state index is 0.0826. The van der Waals surface area contributed by atoms with Gasteiger partial charge in [0.2, 0.25) is 11.8 Å². The van der Waals surface area contributed by atoms with Crippen LogP contribution in [-0.4, -0.2) is 17.9 Å². The monoisotopic (exact) mass is 303 g/mol. The Morgan fingerprint density at radius 3 is 2.59 bits per heavy atom. The van der Waals surface area contributed by atoms with Crippen molar-refractivity contribution < 1.29 is 9.59 Å². The van der Waals surface area contributed by atoms with Gasteiger partial charge in [-0.3, -0.25) is 9.59 Å². The molecule has 1 aliphatic rings. The molecule has 1 aliphatic carbocycles. The summed E-state index contributed by atoms with van der Waals surface area (Å²) >= 11 is 0. The van der Waals surface area contributed by atoms with Crippen LogP contribution in [0.1, 0.15) is 45.4 Å². The first-order valence-electron chi connectivity index (χ1n) is 8.01. The van der Waals surface area contributed by atoms with Crippen LogP contribution in [0.4, 0.5) is 11.4 Å². The van der Waals surface area contributed by atoms with E-state index in [4.69, 9.17) is 5.73 Å². The molecule has 1 fully saturated rings. The molecule has 4 N–H and O–H groups in total. The van der Waals surface area contributed by atoms with Gasteiger partial charge >= 0.3 is 0 Å². The molecule has 22 heavy (non-hydrogen) atoms. The van der Waals surface area contributed by atoms with Crippen molar-refractivity contribution in [2.45, 2.75) is 51.5 Å². The number of hydrogen-bond donors (Lipinski definition) is 3. The summed E-state index contributed by atoms with van der Waals surface area (Å²) in [6.07, 6.45) is 5.64. The van der Waals surface area contributed by atoms with Gasteiger partial charge in [0.15, 0.2) is 0 Å². The predicted molar refractivity (Wildman–Crippen MR) is 88.3 cm³/mol. The maximum absolute atomic E-state index is 12.1. The van der Waals surface area contributed by atoms with E-state index >= 15 is 0 Å². The first-order chi connectivity index (χ1) is 10.6. The Labute approximate surface area is 131 Å². The fourth-order valence-electron chi connectivity index (χ4n) is 2.87. The average molecular weight is 303 g/mol. The zero-order valence-corrected chi connectivity index (χ0v) is 13.1. The van der Waals surface area contributed by atoms with E-state index in [1.165, 1.54) is 6.42 Å². The smallest absolute Gasteiger partial charge is 0.226 e. The van der Waals surface area contributed by atoms with Crippen LogP contribution in [0.3, 0.4) is 0 Å². The van der Waals surface area contributed by atoms with E-state index in [2.05, 4.69) is 10.6 Å². The van der Waals surface area contributed by atoms with Crippen molar-refractivity contribution in [3.05, 3.63) is 24.3 Å². The molecule has 0 aromatic heterocycles. The molecule has 0 radical (unpaired) electrons. The number of para-hydroxylation sites is 2. The highest BCUT2D eigenvalue weighted by atomic mass is 16.2. The van der Waals surface area contributed by atoms with Crippen molar-refractivity contribution in [3.8, 4) is 0 Å². The maximum atomic E-state index is 12.1. The molecule has 2 amide bonds. The molecule has 0 spiro atoms. The molecular weight excluding hydrogens is 278 g/mol. The van der Waals surface area contributed by atoms with Gasteiger partial charge in [-0.25, -0.2) is 0 Å². The molecule has 120 valence electrons. The minimum Gasteiger partial charge on any atom is -0.397 e. The SMILES string of the molecule is CC(CC(=O)Nc1ccccc1N)NC(=O)C1CCCCC1. The number of carbonyl (C=O) groups is 2. The van der Waals surface area contributed by atoms with E-state index < -0.39 is 0 Å². The van der Waals surface area contributed by atoms with Gasteiger partial charge in [0.1, 0.15) is 0 Å². The highest BCUT2D eigenvalue weighted by molar-refractivity contribution is 5.94. The van der Waals surface area contributed by atoms with Crippen LogP contribution in [0, 0.1) is 5.92 Å². The van der Waals surface area contributed by atoms with Gasteiger partial charge in [0, 0.05) is 18.4 Å². The molecule has 0 bridgehead atoms. The normalized spacial score (nSPS) is 16.8. The Morgan fingerprint density at radius 1 is 1.23 bits per heavy atom. The van der Waals surface area contributed by atoms with E-state index in [0.717, 1.165) is 25.7 Å². The predicted octanol–water partition coefficient (Wildman–Crippen LogP) is 2.68. The lowest BCUT2D eigenvalue weighted by molar-refractivity contribution is -0.126. The van der Waals surface area contributed by atoms with Crippen LogP contribution >= 0.6 is 0 Å². The van der Waals surface area contributed by atoms with Crippen molar-refractivity contribution in [1.29, 1.82) is 0 Å². The lowest BCUT2D eigenvalue weighted by Crippen LogP contribution is -2.39. The number of benzene rings is 1. The summed E-state index contributed by atoms with van der Waals surface area (Å²) in [5.41, 5.74) is 6.94. The molecule has 1 aromatic carbocycles. The Balaban J connectivity index is 1.78. The lowest BCUT2D eigenvalue weighted by Gasteiger charge is -2.23. The molecule has 1 saturated carbocycles. The summed E-state index contributed by atoms with van der Waals surface area (Å²) in [7, 11) is 0. The second-order valence-corrected chi connectivity index (χ2v) is 6.08. The molecule has 1 atom stereocenters. The largest absolute Gasteiger partial charge is 0.397 e. The maximum Gasteiger partial charge on any atom is 0.226 e. The third kappa shape index (κ3) is 4.76. The second kappa shape index (κ2) is 7.82. The standard InChI is InChI=1S/C17H25N3O2/c1-12(19-17(22)13-7-3-2-4-8-13)11-16(21)20-15-10-6-5-9-14(15)18/h5-6,9-10,12-13H,2-4,7-8,11,18H2,1H3,(H,19,22)(H,20,21). The fourth-order valence-corrected chi connectivity index (χ4v) is 2.87. The number of anilines is 2. The Hall–Kier alpha value is -2.04. The van der Waals surface area contributed by atoms with E-state index in [9.17, 15) is 9.59 Å². The Morgan fingerprint density at radius 2 is 1.91 bits per heavy atom. The number of nitrogens with two attached hydrogens (primary N) is 1. The summed E-state index contributed by atoms with van der Waals surface area (Å²) in [6, 6.07) is 6.96. The number of rotatable bonds is 5. The molecule has 0 aliphatic heterocycles. The van der Waals surface area contributed by atoms with Gasteiger partial charge in [0.05, 0.1) is 11.4 Å². The molecule has 0 saturated heterocycles. The molecular formula is C17H25N3O2. The van der Waals surface area contributed by atoms with Gasteiger partial charge < -0.3 is 16.4 Å². The lowest BCUT2D eigenvalue weighted by atomic mass is 9.88. The van der Waals surface area contributed by atoms with Crippen LogP contribution in [0.15, 0.2) is 24.3 Å².